The second kappa shape index (κ2) is 5.13. The van der Waals surface area contributed by atoms with E-state index in [0.717, 1.165) is 38.8 Å². The van der Waals surface area contributed by atoms with Gasteiger partial charge in [-0.05, 0) is 37.6 Å². The fourth-order valence-corrected chi connectivity index (χ4v) is 5.01. The Labute approximate surface area is 120 Å². The molecule has 0 radical (unpaired) electrons. The normalized spacial score (nSPS) is 28.9. The zero-order valence-corrected chi connectivity index (χ0v) is 12.7. The van der Waals surface area contributed by atoms with Gasteiger partial charge in [-0.15, -0.1) is 0 Å². The lowest BCUT2D eigenvalue weighted by Gasteiger charge is -2.44. The minimum absolute atomic E-state index is 0.131. The molecular weight excluding hydrogens is 276 g/mol. The maximum Gasteiger partial charge on any atom is 0.246 e. The highest BCUT2D eigenvalue weighted by molar-refractivity contribution is 7.89. The van der Waals surface area contributed by atoms with Gasteiger partial charge >= 0.3 is 0 Å². The Hall–Kier alpha value is -0.920. The monoisotopic (exact) mass is 298 g/mol. The van der Waals surface area contributed by atoms with Crippen LogP contribution in [0.3, 0.4) is 0 Å². The molecule has 112 valence electrons. The molecule has 3 rings (SSSR count). The largest absolute Gasteiger partial charge is 0.316 e. The van der Waals surface area contributed by atoms with Crippen LogP contribution < -0.4 is 5.32 Å². The number of aryl methyl sites for hydroxylation is 1. The van der Waals surface area contributed by atoms with Crippen LogP contribution in [-0.2, 0) is 17.1 Å². The summed E-state index contributed by atoms with van der Waals surface area (Å²) >= 11 is 0. The zero-order chi connectivity index (χ0) is 14.2. The summed E-state index contributed by atoms with van der Waals surface area (Å²) in [6.07, 6.45) is 7.35. The van der Waals surface area contributed by atoms with Gasteiger partial charge in [-0.3, -0.25) is 4.68 Å². The molecule has 1 atom stereocenters. The van der Waals surface area contributed by atoms with E-state index in [1.165, 1.54) is 10.9 Å². The fraction of sp³-hybridized carbons (Fsp3) is 0.769. The lowest BCUT2D eigenvalue weighted by molar-refractivity contribution is 0.110. The van der Waals surface area contributed by atoms with E-state index in [2.05, 4.69) is 10.4 Å². The summed E-state index contributed by atoms with van der Waals surface area (Å²) in [5, 5.41) is 7.40. The Balaban J connectivity index is 1.83. The molecule has 1 aromatic heterocycles. The number of aromatic nitrogens is 2. The molecule has 1 N–H and O–H groups in total. The molecule has 0 saturated carbocycles. The highest BCUT2D eigenvalue weighted by atomic mass is 32.2. The number of nitrogens with zero attached hydrogens (tertiary/aromatic N) is 3. The first-order valence-corrected chi connectivity index (χ1v) is 8.65. The Bertz CT molecular complexity index is 569. The van der Waals surface area contributed by atoms with Gasteiger partial charge in [0.15, 0.2) is 0 Å². The van der Waals surface area contributed by atoms with Crippen molar-refractivity contribution in [3.63, 3.8) is 0 Å². The maximum atomic E-state index is 12.7. The predicted octanol–water partition coefficient (Wildman–Crippen LogP) is 0.574. The molecule has 2 saturated heterocycles. The van der Waals surface area contributed by atoms with Crippen LogP contribution in [0.25, 0.3) is 0 Å². The summed E-state index contributed by atoms with van der Waals surface area (Å²) < 4.78 is 28.5. The smallest absolute Gasteiger partial charge is 0.246 e. The molecule has 0 bridgehead atoms. The summed E-state index contributed by atoms with van der Waals surface area (Å²) in [4.78, 5) is 0.306. The molecule has 1 spiro atoms. The summed E-state index contributed by atoms with van der Waals surface area (Å²) in [6, 6.07) is 0. The number of nitrogens with one attached hydrogen (secondary N) is 1. The van der Waals surface area contributed by atoms with Crippen molar-refractivity contribution in [1.29, 1.82) is 0 Å². The van der Waals surface area contributed by atoms with Crippen molar-refractivity contribution >= 4 is 10.0 Å². The molecule has 0 amide bonds. The highest BCUT2D eigenvalue weighted by Crippen LogP contribution is 2.37. The van der Waals surface area contributed by atoms with E-state index < -0.39 is 10.0 Å². The molecule has 0 aromatic carbocycles. The number of sulfonamides is 1. The summed E-state index contributed by atoms with van der Waals surface area (Å²) in [6.45, 7) is 3.25. The topological polar surface area (TPSA) is 67.2 Å². The number of hydrogen-bond donors (Lipinski definition) is 1. The Morgan fingerprint density at radius 1 is 1.35 bits per heavy atom. The Morgan fingerprint density at radius 3 is 2.80 bits per heavy atom. The maximum absolute atomic E-state index is 12.7. The van der Waals surface area contributed by atoms with E-state index in [1.807, 2.05) is 0 Å². The van der Waals surface area contributed by atoms with Crippen LogP contribution in [0.1, 0.15) is 25.7 Å². The zero-order valence-electron chi connectivity index (χ0n) is 11.9. The molecule has 3 heterocycles. The van der Waals surface area contributed by atoms with Gasteiger partial charge in [0.2, 0.25) is 10.0 Å². The van der Waals surface area contributed by atoms with Gasteiger partial charge in [0, 0.05) is 32.9 Å². The first kappa shape index (κ1) is 14.0. The first-order chi connectivity index (χ1) is 9.52. The van der Waals surface area contributed by atoms with Gasteiger partial charge in [-0.1, -0.05) is 0 Å². The van der Waals surface area contributed by atoms with Crippen molar-refractivity contribution < 1.29 is 8.42 Å². The summed E-state index contributed by atoms with van der Waals surface area (Å²) in [7, 11) is -1.66. The van der Waals surface area contributed by atoms with E-state index in [1.54, 1.807) is 17.5 Å². The molecule has 2 aliphatic rings. The third-order valence-electron chi connectivity index (χ3n) is 4.51. The Morgan fingerprint density at radius 2 is 2.15 bits per heavy atom. The Kier molecular flexibility index (Phi) is 3.60. The van der Waals surface area contributed by atoms with Crippen LogP contribution in [0.2, 0.25) is 0 Å². The molecule has 1 aromatic rings. The van der Waals surface area contributed by atoms with Gasteiger partial charge in [0.25, 0.3) is 0 Å². The van der Waals surface area contributed by atoms with Gasteiger partial charge in [-0.25, -0.2) is 8.42 Å². The second-order valence-electron chi connectivity index (χ2n) is 6.07. The average Bonchev–Trinajstić information content (AvgIpc) is 2.87. The minimum Gasteiger partial charge on any atom is -0.316 e. The lowest BCUT2D eigenvalue weighted by Crippen LogP contribution is -2.52. The van der Waals surface area contributed by atoms with E-state index in [4.69, 9.17) is 0 Å². The van der Waals surface area contributed by atoms with Crippen LogP contribution in [0.5, 0.6) is 0 Å². The molecular formula is C13H22N4O2S. The second-order valence-corrected chi connectivity index (χ2v) is 8.01. The fourth-order valence-electron chi connectivity index (χ4n) is 3.43. The third-order valence-corrected chi connectivity index (χ3v) is 6.30. The van der Waals surface area contributed by atoms with E-state index in [0.29, 0.717) is 18.0 Å². The van der Waals surface area contributed by atoms with Crippen LogP contribution in [0.15, 0.2) is 17.3 Å². The molecule has 2 fully saturated rings. The van der Waals surface area contributed by atoms with E-state index in [-0.39, 0.29) is 5.41 Å². The lowest BCUT2D eigenvalue weighted by atomic mass is 9.75. The van der Waals surface area contributed by atoms with Crippen molar-refractivity contribution in [1.82, 2.24) is 19.4 Å². The molecule has 7 heteroatoms. The molecule has 1 unspecified atom stereocenters. The van der Waals surface area contributed by atoms with Crippen molar-refractivity contribution in [2.24, 2.45) is 12.5 Å². The predicted molar refractivity (Wildman–Crippen MR) is 75.7 cm³/mol. The average molecular weight is 298 g/mol. The van der Waals surface area contributed by atoms with Crippen LogP contribution >= 0.6 is 0 Å². The van der Waals surface area contributed by atoms with Gasteiger partial charge in [0.05, 0.1) is 6.20 Å². The van der Waals surface area contributed by atoms with Gasteiger partial charge in [-0.2, -0.15) is 9.40 Å². The summed E-state index contributed by atoms with van der Waals surface area (Å²) in [5.41, 5.74) is 0.131. The molecule has 0 aliphatic carbocycles. The molecule has 20 heavy (non-hydrogen) atoms. The highest BCUT2D eigenvalue weighted by Gasteiger charge is 2.40. The van der Waals surface area contributed by atoms with Crippen molar-refractivity contribution in [3.05, 3.63) is 12.4 Å². The van der Waals surface area contributed by atoms with Crippen molar-refractivity contribution in [3.8, 4) is 0 Å². The van der Waals surface area contributed by atoms with Crippen LogP contribution in [-0.4, -0.2) is 48.7 Å². The number of hydrogen-bond acceptors (Lipinski definition) is 4. The standard InChI is InChI=1S/C13H22N4O2S/c1-16-9-12(8-15-16)20(18,19)17-7-3-5-13(11-17)4-2-6-14-10-13/h8-9,14H,2-7,10-11H2,1H3. The number of rotatable bonds is 2. The third kappa shape index (κ3) is 2.49. The van der Waals surface area contributed by atoms with Crippen LogP contribution in [0, 0.1) is 5.41 Å². The molecule has 6 nitrogen and oxygen atoms in total. The van der Waals surface area contributed by atoms with Gasteiger partial charge < -0.3 is 5.32 Å². The van der Waals surface area contributed by atoms with Crippen molar-refractivity contribution in [2.45, 2.75) is 30.6 Å². The van der Waals surface area contributed by atoms with E-state index in [9.17, 15) is 8.42 Å². The van der Waals surface area contributed by atoms with E-state index >= 15 is 0 Å². The molecule has 2 aliphatic heterocycles. The number of piperidine rings is 2. The summed E-state index contributed by atoms with van der Waals surface area (Å²) in [5.74, 6) is 0. The van der Waals surface area contributed by atoms with Crippen LogP contribution in [0.4, 0.5) is 0 Å². The quantitative estimate of drug-likeness (QED) is 0.867. The first-order valence-electron chi connectivity index (χ1n) is 7.21. The van der Waals surface area contributed by atoms with Gasteiger partial charge in [0.1, 0.15) is 4.90 Å². The minimum atomic E-state index is -3.39. The SMILES string of the molecule is Cn1cc(S(=O)(=O)N2CCCC3(CCCNC3)C2)cn1. The van der Waals surface area contributed by atoms with Crippen molar-refractivity contribution in [2.75, 3.05) is 26.2 Å².